The van der Waals surface area contributed by atoms with Gasteiger partial charge in [0.15, 0.2) is 0 Å². The van der Waals surface area contributed by atoms with Gasteiger partial charge in [0.25, 0.3) is 0 Å². The molecule has 15 nitrogen and oxygen atoms in total. The van der Waals surface area contributed by atoms with Gasteiger partial charge in [-0.3, -0.25) is 28.8 Å². The van der Waals surface area contributed by atoms with Crippen LogP contribution in [0.2, 0.25) is 0 Å². The summed E-state index contributed by atoms with van der Waals surface area (Å²) < 4.78 is 0. The molecule has 0 aromatic carbocycles. The zero-order valence-corrected chi connectivity index (χ0v) is 20.1. The van der Waals surface area contributed by atoms with Crippen molar-refractivity contribution in [1.82, 2.24) is 26.6 Å². The summed E-state index contributed by atoms with van der Waals surface area (Å²) in [4.78, 5) is 72.5. The second kappa shape index (κ2) is 16.3. The minimum absolute atomic E-state index is 0.0988. The van der Waals surface area contributed by atoms with Gasteiger partial charge in [-0.25, -0.2) is 0 Å². The molecule has 0 aliphatic carbocycles. The van der Waals surface area contributed by atoms with E-state index in [1.54, 1.807) is 13.8 Å². The van der Waals surface area contributed by atoms with E-state index in [9.17, 15) is 33.9 Å². The van der Waals surface area contributed by atoms with Crippen molar-refractivity contribution in [3.63, 3.8) is 0 Å². The van der Waals surface area contributed by atoms with Crippen LogP contribution in [0.5, 0.6) is 0 Å². The van der Waals surface area contributed by atoms with Crippen molar-refractivity contribution in [3.8, 4) is 0 Å². The zero-order chi connectivity index (χ0) is 27.1. The molecule has 0 spiro atoms. The molecule has 0 aliphatic rings. The van der Waals surface area contributed by atoms with E-state index < -0.39 is 78.6 Å². The largest absolute Gasteiger partial charge is 0.396 e. The highest BCUT2D eigenvalue weighted by Gasteiger charge is 2.31. The summed E-state index contributed by atoms with van der Waals surface area (Å²) in [5.74, 6) is -5.14. The summed E-state index contributed by atoms with van der Waals surface area (Å²) in [6.45, 7) is 3.52. The first-order valence-corrected chi connectivity index (χ1v) is 11.0. The number of carbonyl (C=O) groups is 6. The molecule has 200 valence electrons. The van der Waals surface area contributed by atoms with Crippen molar-refractivity contribution in [1.29, 1.82) is 0 Å². The maximum absolute atomic E-state index is 12.6. The maximum atomic E-state index is 12.6. The minimum Gasteiger partial charge on any atom is -0.396 e. The molecule has 0 heterocycles. The van der Waals surface area contributed by atoms with Crippen molar-refractivity contribution in [2.24, 2.45) is 17.4 Å². The van der Waals surface area contributed by atoms with E-state index in [0.717, 1.165) is 0 Å². The van der Waals surface area contributed by atoms with Crippen LogP contribution in [-0.2, 0) is 28.8 Å². The molecule has 0 aromatic rings. The molecule has 35 heavy (non-hydrogen) atoms. The van der Waals surface area contributed by atoms with E-state index in [1.807, 2.05) is 0 Å². The van der Waals surface area contributed by atoms with Crippen molar-refractivity contribution in [2.45, 2.75) is 57.8 Å². The van der Waals surface area contributed by atoms with E-state index in [2.05, 4.69) is 26.6 Å². The average Bonchev–Trinajstić information content (AvgIpc) is 2.77. The highest BCUT2D eigenvalue weighted by atomic mass is 16.3. The quantitative estimate of drug-likeness (QED) is 0.0912. The Morgan fingerprint density at radius 2 is 1.37 bits per heavy atom. The predicted molar refractivity (Wildman–Crippen MR) is 123 cm³/mol. The number of nitrogens with one attached hydrogen (secondary N) is 5. The van der Waals surface area contributed by atoms with Gasteiger partial charge in [-0.05, 0) is 19.3 Å². The lowest BCUT2D eigenvalue weighted by molar-refractivity contribution is -0.136. The Morgan fingerprint density at radius 3 is 1.86 bits per heavy atom. The third-order valence-corrected chi connectivity index (χ3v) is 4.59. The summed E-state index contributed by atoms with van der Waals surface area (Å²) >= 11 is 0. The lowest BCUT2D eigenvalue weighted by atomic mass is 10.0. The smallest absolute Gasteiger partial charge is 0.245 e. The Bertz CT molecular complexity index is 760. The molecule has 0 radical (unpaired) electrons. The first-order chi connectivity index (χ1) is 16.3. The van der Waals surface area contributed by atoms with Crippen LogP contribution in [0.4, 0.5) is 0 Å². The summed E-state index contributed by atoms with van der Waals surface area (Å²) in [5.41, 5.74) is 10.5. The van der Waals surface area contributed by atoms with Gasteiger partial charge in [0.2, 0.25) is 35.4 Å². The summed E-state index contributed by atoms with van der Waals surface area (Å²) in [6.07, 6.45) is -0.227. The fraction of sp³-hybridized carbons (Fsp3) is 0.700. The Labute approximate surface area is 203 Å². The summed E-state index contributed by atoms with van der Waals surface area (Å²) in [5, 5.41) is 30.0. The molecule has 0 fully saturated rings. The second-order valence-electron chi connectivity index (χ2n) is 8.14. The number of aliphatic hydroxyl groups excluding tert-OH is 2. The van der Waals surface area contributed by atoms with Crippen molar-refractivity contribution in [2.75, 3.05) is 26.3 Å². The number of aliphatic hydroxyl groups is 2. The van der Waals surface area contributed by atoms with Crippen LogP contribution in [-0.4, -0.2) is 96.1 Å². The van der Waals surface area contributed by atoms with Gasteiger partial charge in [0, 0.05) is 13.2 Å². The van der Waals surface area contributed by atoms with E-state index >= 15 is 0 Å². The molecule has 4 atom stereocenters. The lowest BCUT2D eigenvalue weighted by Crippen LogP contribution is -2.60. The lowest BCUT2D eigenvalue weighted by Gasteiger charge is -2.26. The number of rotatable bonds is 16. The molecule has 0 saturated heterocycles. The average molecular weight is 504 g/mol. The van der Waals surface area contributed by atoms with Gasteiger partial charge in [0.1, 0.15) is 18.1 Å². The second-order valence-corrected chi connectivity index (χ2v) is 8.14. The molecular formula is C20H37N7O8. The van der Waals surface area contributed by atoms with Crippen LogP contribution in [0.3, 0.4) is 0 Å². The number of nitrogens with two attached hydrogens (primary N) is 2. The first-order valence-electron chi connectivity index (χ1n) is 11.0. The number of primary amides is 1. The van der Waals surface area contributed by atoms with Crippen LogP contribution in [0.25, 0.3) is 0 Å². The molecule has 0 bridgehead atoms. The van der Waals surface area contributed by atoms with Crippen LogP contribution in [0, 0.1) is 5.92 Å². The van der Waals surface area contributed by atoms with Gasteiger partial charge in [-0.15, -0.1) is 0 Å². The fourth-order valence-corrected chi connectivity index (χ4v) is 2.62. The number of carbonyl (C=O) groups excluding carboxylic acids is 6. The number of hydrogen-bond donors (Lipinski definition) is 9. The molecule has 0 saturated carbocycles. The van der Waals surface area contributed by atoms with Crippen molar-refractivity contribution >= 4 is 35.4 Å². The highest BCUT2D eigenvalue weighted by Crippen LogP contribution is 2.03. The third-order valence-electron chi connectivity index (χ3n) is 4.59. The van der Waals surface area contributed by atoms with Crippen LogP contribution >= 0.6 is 0 Å². The van der Waals surface area contributed by atoms with E-state index in [0.29, 0.717) is 6.42 Å². The van der Waals surface area contributed by atoms with Gasteiger partial charge in [0.05, 0.1) is 25.6 Å². The molecular weight excluding hydrogens is 466 g/mol. The minimum atomic E-state index is -1.53. The Morgan fingerprint density at radius 1 is 0.800 bits per heavy atom. The first kappa shape index (κ1) is 31.7. The maximum Gasteiger partial charge on any atom is 0.245 e. The third kappa shape index (κ3) is 12.7. The molecule has 15 heteroatoms. The van der Waals surface area contributed by atoms with Crippen LogP contribution in [0.15, 0.2) is 0 Å². The topological polar surface area (TPSA) is 255 Å². The SMILES string of the molecule is CC(C)[C@H](NC(=O)[C@H](CO)NC(=O)[C@H](CC(N)=O)NC(=O)[C@H](C)N)C(=O)NCC(=O)NCCCO. The van der Waals surface area contributed by atoms with Crippen LogP contribution in [0.1, 0.15) is 33.6 Å². The summed E-state index contributed by atoms with van der Waals surface area (Å²) in [7, 11) is 0. The van der Waals surface area contributed by atoms with Gasteiger partial charge >= 0.3 is 0 Å². The molecule has 0 aliphatic heterocycles. The monoisotopic (exact) mass is 503 g/mol. The Kier molecular flexibility index (Phi) is 14.8. The Balaban J connectivity index is 5.17. The standard InChI is InChI=1S/C20H37N7O8/c1-10(2)16(20(35)24-8-15(31)23-5-4-6-28)27-19(34)13(9-29)26-18(33)12(7-14(22)30)25-17(32)11(3)21/h10-13,16,28-29H,4-9,21H2,1-3H3,(H2,22,30)(H,23,31)(H,24,35)(H,25,32)(H,26,33)(H,27,34)/t11-,12-,13-,16-/m0/s1. The molecule has 0 rings (SSSR count). The highest BCUT2D eigenvalue weighted by molar-refractivity contribution is 5.96. The zero-order valence-electron chi connectivity index (χ0n) is 20.1. The van der Waals surface area contributed by atoms with Gasteiger partial charge in [-0.1, -0.05) is 13.8 Å². The predicted octanol–water partition coefficient (Wildman–Crippen LogP) is -5.07. The van der Waals surface area contributed by atoms with Crippen molar-refractivity contribution in [3.05, 3.63) is 0 Å². The summed E-state index contributed by atoms with van der Waals surface area (Å²) in [6, 6.07) is -5.07. The van der Waals surface area contributed by atoms with Crippen LogP contribution < -0.4 is 38.1 Å². The van der Waals surface area contributed by atoms with Gasteiger partial charge < -0.3 is 48.3 Å². The van der Waals surface area contributed by atoms with E-state index in [-0.39, 0.29) is 19.7 Å². The molecule has 11 N–H and O–H groups in total. The molecule has 6 amide bonds. The molecule has 0 aromatic heterocycles. The van der Waals surface area contributed by atoms with E-state index in [1.165, 1.54) is 6.92 Å². The van der Waals surface area contributed by atoms with E-state index in [4.69, 9.17) is 16.6 Å². The molecule has 0 unspecified atom stereocenters. The van der Waals surface area contributed by atoms with Crippen molar-refractivity contribution < 1.29 is 39.0 Å². The Hall–Kier alpha value is -3.30. The fourth-order valence-electron chi connectivity index (χ4n) is 2.62. The normalized spacial score (nSPS) is 14.1. The van der Waals surface area contributed by atoms with Gasteiger partial charge in [-0.2, -0.15) is 0 Å². The number of hydrogen-bond acceptors (Lipinski definition) is 9. The number of amides is 6.